The van der Waals surface area contributed by atoms with Gasteiger partial charge < -0.3 is 10.2 Å². The molecule has 0 radical (unpaired) electrons. The molecule has 0 saturated heterocycles. The van der Waals surface area contributed by atoms with Crippen LogP contribution >= 0.6 is 11.3 Å². The van der Waals surface area contributed by atoms with Crippen LogP contribution < -0.4 is 0 Å². The first-order chi connectivity index (χ1) is 6.91. The molecule has 0 aliphatic rings. The molecule has 5 heteroatoms. The van der Waals surface area contributed by atoms with Crippen molar-refractivity contribution in [2.75, 3.05) is 0 Å². The smallest absolute Gasteiger partial charge is 0.345 e. The lowest BCUT2D eigenvalue weighted by atomic mass is 9.86. The molecule has 1 atom stereocenters. The van der Waals surface area contributed by atoms with Crippen molar-refractivity contribution >= 4 is 23.3 Å². The molecule has 1 aromatic heterocycles. The quantitative estimate of drug-likeness (QED) is 0.828. The lowest BCUT2D eigenvalue weighted by Crippen LogP contribution is -2.30. The Kier molecular flexibility index (Phi) is 3.14. The van der Waals surface area contributed by atoms with Crippen molar-refractivity contribution in [3.8, 4) is 0 Å². The summed E-state index contributed by atoms with van der Waals surface area (Å²) in [7, 11) is 0. The van der Waals surface area contributed by atoms with Gasteiger partial charge >= 0.3 is 11.9 Å². The van der Waals surface area contributed by atoms with Crippen molar-refractivity contribution < 1.29 is 19.8 Å². The number of rotatable bonds is 4. The van der Waals surface area contributed by atoms with Crippen molar-refractivity contribution in [3.05, 3.63) is 21.9 Å². The van der Waals surface area contributed by atoms with Crippen LogP contribution in [-0.4, -0.2) is 22.2 Å². The zero-order valence-electron chi connectivity index (χ0n) is 8.48. The molecule has 1 unspecified atom stereocenters. The van der Waals surface area contributed by atoms with E-state index in [1.807, 2.05) is 0 Å². The molecular weight excluding hydrogens is 216 g/mol. The van der Waals surface area contributed by atoms with Crippen LogP contribution in [0.4, 0.5) is 0 Å². The molecule has 0 saturated carbocycles. The maximum Gasteiger partial charge on any atom is 0.345 e. The minimum atomic E-state index is -1.02. The predicted molar refractivity (Wildman–Crippen MR) is 56.6 cm³/mol. The molecule has 0 aliphatic heterocycles. The first kappa shape index (κ1) is 11.7. The van der Waals surface area contributed by atoms with Gasteiger partial charge in [0.1, 0.15) is 4.88 Å². The number of thiophene rings is 1. The second kappa shape index (κ2) is 4.02. The van der Waals surface area contributed by atoms with Crippen LogP contribution in [0.3, 0.4) is 0 Å². The summed E-state index contributed by atoms with van der Waals surface area (Å²) in [5.74, 6) is -1.95. The van der Waals surface area contributed by atoms with E-state index >= 15 is 0 Å². The van der Waals surface area contributed by atoms with E-state index in [2.05, 4.69) is 0 Å². The van der Waals surface area contributed by atoms with Gasteiger partial charge in [-0.1, -0.05) is 6.92 Å². The molecule has 1 aromatic rings. The summed E-state index contributed by atoms with van der Waals surface area (Å²) in [6.45, 7) is 3.38. The van der Waals surface area contributed by atoms with Gasteiger partial charge in [0.2, 0.25) is 0 Å². The van der Waals surface area contributed by atoms with Crippen LogP contribution in [-0.2, 0) is 10.2 Å². The van der Waals surface area contributed by atoms with Crippen LogP contribution in [0.1, 0.15) is 34.8 Å². The Bertz CT molecular complexity index is 396. The monoisotopic (exact) mass is 228 g/mol. The highest BCUT2D eigenvalue weighted by atomic mass is 32.1. The number of aliphatic carboxylic acids is 1. The first-order valence-electron chi connectivity index (χ1n) is 4.49. The number of hydrogen-bond acceptors (Lipinski definition) is 3. The maximum atomic E-state index is 11.1. The van der Waals surface area contributed by atoms with Gasteiger partial charge in [-0.2, -0.15) is 0 Å². The summed E-state index contributed by atoms with van der Waals surface area (Å²) in [5, 5.41) is 17.8. The van der Waals surface area contributed by atoms with E-state index in [4.69, 9.17) is 10.2 Å². The molecule has 0 aliphatic carbocycles. The average Bonchev–Trinajstić information content (AvgIpc) is 2.65. The second-order valence-corrected chi connectivity index (χ2v) is 4.54. The first-order valence-corrected chi connectivity index (χ1v) is 5.30. The molecule has 2 N–H and O–H groups in total. The van der Waals surface area contributed by atoms with Crippen LogP contribution in [0.15, 0.2) is 12.1 Å². The van der Waals surface area contributed by atoms with Gasteiger partial charge in [0.05, 0.1) is 5.41 Å². The Morgan fingerprint density at radius 2 is 2.00 bits per heavy atom. The molecule has 0 fully saturated rings. The van der Waals surface area contributed by atoms with Crippen molar-refractivity contribution in [1.82, 2.24) is 0 Å². The summed E-state index contributed by atoms with van der Waals surface area (Å²) < 4.78 is 0. The van der Waals surface area contributed by atoms with Crippen LogP contribution in [0, 0.1) is 0 Å². The molecule has 1 rings (SSSR count). The largest absolute Gasteiger partial charge is 0.481 e. The van der Waals surface area contributed by atoms with Crippen LogP contribution in [0.2, 0.25) is 0 Å². The molecule has 0 aromatic carbocycles. The minimum absolute atomic E-state index is 0.172. The fourth-order valence-electron chi connectivity index (χ4n) is 1.18. The van der Waals surface area contributed by atoms with Gasteiger partial charge in [0.25, 0.3) is 0 Å². The normalized spacial score (nSPS) is 14.5. The number of carbonyl (C=O) groups is 2. The predicted octanol–water partition coefficient (Wildman–Crippen LogP) is 2.20. The van der Waals surface area contributed by atoms with Gasteiger partial charge in [0, 0.05) is 4.88 Å². The van der Waals surface area contributed by atoms with Crippen molar-refractivity contribution in [2.45, 2.75) is 25.7 Å². The summed E-state index contributed by atoms with van der Waals surface area (Å²) in [6, 6.07) is 3.02. The van der Waals surface area contributed by atoms with Gasteiger partial charge in [-0.3, -0.25) is 4.79 Å². The molecule has 1 heterocycles. The average molecular weight is 228 g/mol. The molecule has 0 spiro atoms. The van der Waals surface area contributed by atoms with Crippen molar-refractivity contribution in [3.63, 3.8) is 0 Å². The van der Waals surface area contributed by atoms with E-state index in [9.17, 15) is 9.59 Å². The van der Waals surface area contributed by atoms with E-state index in [0.29, 0.717) is 11.3 Å². The highest BCUT2D eigenvalue weighted by Crippen LogP contribution is 2.33. The molecule has 15 heavy (non-hydrogen) atoms. The third kappa shape index (κ3) is 2.02. The number of aromatic carboxylic acids is 1. The molecule has 82 valence electrons. The number of carboxylic acids is 2. The topological polar surface area (TPSA) is 74.6 Å². The maximum absolute atomic E-state index is 11.1. The van der Waals surface area contributed by atoms with E-state index in [1.165, 1.54) is 6.07 Å². The minimum Gasteiger partial charge on any atom is -0.481 e. The molecule has 4 nitrogen and oxygen atoms in total. The summed E-state index contributed by atoms with van der Waals surface area (Å²) in [5.41, 5.74) is -0.988. The Labute approximate surface area is 91.2 Å². The van der Waals surface area contributed by atoms with E-state index in [0.717, 1.165) is 11.3 Å². The molecular formula is C10H12O4S. The second-order valence-electron chi connectivity index (χ2n) is 3.46. The Balaban J connectivity index is 3.14. The third-order valence-corrected chi connectivity index (χ3v) is 3.88. The standard InChI is InChI=1S/C10H12O4S/c1-3-10(2,9(13)14)7-5-4-6(15-7)8(11)12/h4-5H,3H2,1-2H3,(H,11,12)(H,13,14). The van der Waals surface area contributed by atoms with Gasteiger partial charge in [-0.15, -0.1) is 11.3 Å². The SMILES string of the molecule is CCC(C)(C(=O)O)c1ccc(C(=O)O)s1. The zero-order valence-corrected chi connectivity index (χ0v) is 9.30. The van der Waals surface area contributed by atoms with E-state index in [1.54, 1.807) is 19.9 Å². The third-order valence-electron chi connectivity index (χ3n) is 2.54. The fourth-order valence-corrected chi connectivity index (χ4v) is 2.23. The van der Waals surface area contributed by atoms with Crippen molar-refractivity contribution in [1.29, 1.82) is 0 Å². The lowest BCUT2D eigenvalue weighted by Gasteiger charge is -2.20. The number of hydrogen-bond donors (Lipinski definition) is 2. The molecule has 0 bridgehead atoms. The van der Waals surface area contributed by atoms with Gasteiger partial charge in [-0.05, 0) is 25.5 Å². The highest BCUT2D eigenvalue weighted by molar-refractivity contribution is 7.14. The van der Waals surface area contributed by atoms with Crippen molar-refractivity contribution in [2.24, 2.45) is 0 Å². The van der Waals surface area contributed by atoms with Gasteiger partial charge in [-0.25, -0.2) is 4.79 Å². The number of carboxylic acid groups (broad SMARTS) is 2. The van der Waals surface area contributed by atoms with E-state index < -0.39 is 17.4 Å². The Morgan fingerprint density at radius 1 is 1.40 bits per heavy atom. The molecule has 0 amide bonds. The summed E-state index contributed by atoms with van der Waals surface area (Å²) in [4.78, 5) is 22.5. The Morgan fingerprint density at radius 3 is 2.33 bits per heavy atom. The zero-order chi connectivity index (χ0) is 11.6. The Hall–Kier alpha value is -1.36. The van der Waals surface area contributed by atoms with Crippen LogP contribution in [0.5, 0.6) is 0 Å². The fraction of sp³-hybridized carbons (Fsp3) is 0.400. The highest BCUT2D eigenvalue weighted by Gasteiger charge is 2.35. The van der Waals surface area contributed by atoms with E-state index in [-0.39, 0.29) is 4.88 Å². The van der Waals surface area contributed by atoms with Gasteiger partial charge in [0.15, 0.2) is 0 Å². The lowest BCUT2D eigenvalue weighted by molar-refractivity contribution is -0.143. The summed E-state index contributed by atoms with van der Waals surface area (Å²) >= 11 is 1.02. The summed E-state index contributed by atoms with van der Waals surface area (Å²) in [6.07, 6.45) is 0.432. The van der Waals surface area contributed by atoms with Crippen LogP contribution in [0.25, 0.3) is 0 Å².